The van der Waals surface area contributed by atoms with Gasteiger partial charge in [0.25, 0.3) is 0 Å². The van der Waals surface area contributed by atoms with E-state index in [1.54, 1.807) is 12.4 Å². The third-order valence-electron chi connectivity index (χ3n) is 3.92. The third kappa shape index (κ3) is 4.55. The summed E-state index contributed by atoms with van der Waals surface area (Å²) in [4.78, 5) is 16.0. The fraction of sp³-hybridized carbons (Fsp3) is 0.250. The van der Waals surface area contributed by atoms with Gasteiger partial charge in [0.05, 0.1) is 17.9 Å². The Hall–Kier alpha value is -2.99. The Morgan fingerprint density at radius 3 is 2.73 bits per heavy atom. The molecule has 26 heavy (non-hydrogen) atoms. The summed E-state index contributed by atoms with van der Waals surface area (Å²) in [6, 6.07) is 13.8. The van der Waals surface area contributed by atoms with Gasteiger partial charge in [-0.1, -0.05) is 25.1 Å². The van der Waals surface area contributed by atoms with Crippen LogP contribution in [0.1, 0.15) is 18.9 Å². The molecule has 2 N–H and O–H groups in total. The van der Waals surface area contributed by atoms with Crippen molar-refractivity contribution >= 4 is 5.91 Å². The van der Waals surface area contributed by atoms with E-state index < -0.39 is 0 Å². The van der Waals surface area contributed by atoms with Gasteiger partial charge in [0.15, 0.2) is 0 Å². The van der Waals surface area contributed by atoms with Crippen LogP contribution < -0.4 is 10.6 Å². The van der Waals surface area contributed by atoms with E-state index in [1.807, 2.05) is 60.3 Å². The Bertz CT molecular complexity index is 830. The van der Waals surface area contributed by atoms with Crippen molar-refractivity contribution in [2.75, 3.05) is 13.1 Å². The van der Waals surface area contributed by atoms with Gasteiger partial charge in [0.2, 0.25) is 5.91 Å². The summed E-state index contributed by atoms with van der Waals surface area (Å²) in [5, 5.41) is 10.8. The number of aromatic nitrogens is 3. The Balaban J connectivity index is 1.79. The number of amides is 1. The minimum atomic E-state index is 0.00484. The number of para-hydroxylation sites is 1. The molecule has 1 amide bonds. The maximum atomic E-state index is 11.8. The molecular formula is C20H23N5O. The van der Waals surface area contributed by atoms with Crippen LogP contribution in [0, 0.1) is 0 Å². The molecule has 134 valence electrons. The first-order valence-electron chi connectivity index (χ1n) is 8.79. The third-order valence-corrected chi connectivity index (χ3v) is 3.92. The van der Waals surface area contributed by atoms with Gasteiger partial charge in [0.1, 0.15) is 0 Å². The van der Waals surface area contributed by atoms with Crippen molar-refractivity contribution in [3.63, 3.8) is 0 Å². The minimum Gasteiger partial charge on any atom is -0.355 e. The highest BCUT2D eigenvalue weighted by Gasteiger charge is 2.12. The largest absolute Gasteiger partial charge is 0.355 e. The topological polar surface area (TPSA) is 71.8 Å². The molecule has 3 rings (SSSR count). The Labute approximate surface area is 153 Å². The molecule has 0 fully saturated rings. The predicted octanol–water partition coefficient (Wildman–Crippen LogP) is 2.55. The first kappa shape index (κ1) is 17.8. The lowest BCUT2D eigenvalue weighted by Gasteiger charge is -2.06. The van der Waals surface area contributed by atoms with Crippen molar-refractivity contribution in [1.82, 2.24) is 25.4 Å². The SMILES string of the molecule is CCCNC(=O)CNCc1cn(-c2ccccc2)nc1-c1cccnc1. The molecule has 0 aliphatic carbocycles. The van der Waals surface area contributed by atoms with Crippen LogP contribution in [-0.4, -0.2) is 33.8 Å². The molecule has 2 aromatic heterocycles. The molecule has 0 spiro atoms. The predicted molar refractivity (Wildman–Crippen MR) is 102 cm³/mol. The fourth-order valence-electron chi connectivity index (χ4n) is 2.64. The maximum absolute atomic E-state index is 11.8. The van der Waals surface area contributed by atoms with Gasteiger partial charge in [-0.15, -0.1) is 0 Å². The number of nitrogens with one attached hydrogen (secondary N) is 2. The molecule has 0 bridgehead atoms. The zero-order valence-electron chi connectivity index (χ0n) is 14.9. The number of nitrogens with zero attached hydrogens (tertiary/aromatic N) is 3. The van der Waals surface area contributed by atoms with Crippen molar-refractivity contribution in [3.8, 4) is 16.9 Å². The molecule has 0 radical (unpaired) electrons. The van der Waals surface area contributed by atoms with E-state index in [2.05, 4.69) is 15.6 Å². The minimum absolute atomic E-state index is 0.00484. The maximum Gasteiger partial charge on any atom is 0.233 e. The normalized spacial score (nSPS) is 10.7. The molecule has 6 nitrogen and oxygen atoms in total. The lowest BCUT2D eigenvalue weighted by molar-refractivity contribution is -0.120. The Kier molecular flexibility index (Phi) is 6.11. The molecule has 6 heteroatoms. The molecule has 0 saturated heterocycles. The smallest absolute Gasteiger partial charge is 0.233 e. The Morgan fingerprint density at radius 2 is 2.00 bits per heavy atom. The van der Waals surface area contributed by atoms with E-state index >= 15 is 0 Å². The molecular weight excluding hydrogens is 326 g/mol. The van der Waals surface area contributed by atoms with E-state index in [0.29, 0.717) is 13.1 Å². The van der Waals surface area contributed by atoms with Crippen molar-refractivity contribution in [2.24, 2.45) is 0 Å². The molecule has 3 aromatic rings. The van der Waals surface area contributed by atoms with Crippen molar-refractivity contribution in [2.45, 2.75) is 19.9 Å². The monoisotopic (exact) mass is 349 g/mol. The number of pyridine rings is 1. The lowest BCUT2D eigenvalue weighted by Crippen LogP contribution is -2.33. The van der Waals surface area contributed by atoms with Crippen LogP contribution in [-0.2, 0) is 11.3 Å². The average Bonchev–Trinajstić information content (AvgIpc) is 3.12. The number of carbonyl (C=O) groups excluding carboxylic acids is 1. The standard InChI is InChI=1S/C20H23N5O/c1-2-10-23-19(26)14-22-13-17-15-25(18-8-4-3-5-9-18)24-20(17)16-7-6-11-21-12-16/h3-9,11-12,15,22H,2,10,13-14H2,1H3,(H,23,26). The van der Waals surface area contributed by atoms with E-state index in [0.717, 1.165) is 28.9 Å². The number of hydrogen-bond donors (Lipinski definition) is 2. The molecule has 1 aromatic carbocycles. The molecule has 0 aliphatic heterocycles. The molecule has 0 unspecified atom stereocenters. The van der Waals surface area contributed by atoms with Gasteiger partial charge in [0, 0.05) is 42.8 Å². The number of benzene rings is 1. The van der Waals surface area contributed by atoms with Crippen molar-refractivity contribution < 1.29 is 4.79 Å². The summed E-state index contributed by atoms with van der Waals surface area (Å²) < 4.78 is 1.86. The van der Waals surface area contributed by atoms with Crippen LogP contribution >= 0.6 is 0 Å². The van der Waals surface area contributed by atoms with Gasteiger partial charge in [-0.05, 0) is 30.7 Å². The zero-order valence-corrected chi connectivity index (χ0v) is 14.9. The van der Waals surface area contributed by atoms with E-state index in [1.165, 1.54) is 0 Å². The first-order valence-corrected chi connectivity index (χ1v) is 8.79. The van der Waals surface area contributed by atoms with Crippen LogP contribution in [0.5, 0.6) is 0 Å². The summed E-state index contributed by atoms with van der Waals surface area (Å²) in [5.74, 6) is 0.00484. The van der Waals surface area contributed by atoms with Gasteiger partial charge in [-0.3, -0.25) is 9.78 Å². The fourth-order valence-corrected chi connectivity index (χ4v) is 2.64. The van der Waals surface area contributed by atoms with E-state index in [4.69, 9.17) is 5.10 Å². The number of rotatable bonds is 8. The second kappa shape index (κ2) is 8.92. The van der Waals surface area contributed by atoms with Crippen LogP contribution in [0.15, 0.2) is 61.1 Å². The van der Waals surface area contributed by atoms with Crippen molar-refractivity contribution in [1.29, 1.82) is 0 Å². The zero-order chi connectivity index (χ0) is 18.2. The Morgan fingerprint density at radius 1 is 1.15 bits per heavy atom. The summed E-state index contributed by atoms with van der Waals surface area (Å²) in [7, 11) is 0. The molecule has 2 heterocycles. The van der Waals surface area contributed by atoms with Crippen LogP contribution in [0.3, 0.4) is 0 Å². The van der Waals surface area contributed by atoms with Crippen LogP contribution in [0.4, 0.5) is 0 Å². The number of hydrogen-bond acceptors (Lipinski definition) is 4. The van der Waals surface area contributed by atoms with Crippen LogP contribution in [0.2, 0.25) is 0 Å². The molecule has 0 saturated carbocycles. The van der Waals surface area contributed by atoms with Gasteiger partial charge < -0.3 is 10.6 Å². The molecule has 0 atom stereocenters. The van der Waals surface area contributed by atoms with E-state index in [9.17, 15) is 4.79 Å². The van der Waals surface area contributed by atoms with Gasteiger partial charge >= 0.3 is 0 Å². The lowest BCUT2D eigenvalue weighted by atomic mass is 10.1. The number of carbonyl (C=O) groups is 1. The van der Waals surface area contributed by atoms with Crippen molar-refractivity contribution in [3.05, 3.63) is 66.6 Å². The molecule has 0 aliphatic rings. The van der Waals surface area contributed by atoms with Crippen LogP contribution in [0.25, 0.3) is 16.9 Å². The highest BCUT2D eigenvalue weighted by atomic mass is 16.1. The quantitative estimate of drug-likeness (QED) is 0.656. The van der Waals surface area contributed by atoms with E-state index in [-0.39, 0.29) is 12.5 Å². The summed E-state index contributed by atoms with van der Waals surface area (Å²) in [5.41, 5.74) is 3.83. The first-order chi connectivity index (χ1) is 12.8. The summed E-state index contributed by atoms with van der Waals surface area (Å²) in [6.07, 6.45) is 6.47. The highest BCUT2D eigenvalue weighted by molar-refractivity contribution is 5.78. The highest BCUT2D eigenvalue weighted by Crippen LogP contribution is 2.22. The summed E-state index contributed by atoms with van der Waals surface area (Å²) >= 11 is 0. The summed E-state index contributed by atoms with van der Waals surface area (Å²) in [6.45, 7) is 3.57. The second-order valence-corrected chi connectivity index (χ2v) is 5.98. The second-order valence-electron chi connectivity index (χ2n) is 5.98. The van der Waals surface area contributed by atoms with Gasteiger partial charge in [-0.2, -0.15) is 5.10 Å². The average molecular weight is 349 g/mol. The van der Waals surface area contributed by atoms with Gasteiger partial charge in [-0.25, -0.2) is 4.68 Å².